The van der Waals surface area contributed by atoms with Gasteiger partial charge in [-0.25, -0.2) is 0 Å². The molecule has 0 aromatic heterocycles. The van der Waals surface area contributed by atoms with E-state index >= 15 is 0 Å². The molecule has 0 fully saturated rings. The molecule has 2 unspecified atom stereocenters. The molecule has 0 saturated carbocycles. The first kappa shape index (κ1) is 5.44. The van der Waals surface area contributed by atoms with Crippen molar-refractivity contribution in [1.82, 2.24) is 0 Å². The predicted octanol–water partition coefficient (Wildman–Crippen LogP) is 0.0200. The van der Waals surface area contributed by atoms with E-state index in [0.717, 1.165) is 0 Å². The minimum absolute atomic E-state index is 0.0625. The lowest BCUT2D eigenvalue weighted by Gasteiger charge is -2.11. The molecule has 3 heteroatoms. The zero-order chi connectivity index (χ0) is 5.98. The van der Waals surface area contributed by atoms with Crippen LogP contribution in [-0.4, -0.2) is 18.5 Å². The standard InChI is InChI=1S/C5H9N3/c1-4-2-7-8-3-5(4)6/h2-5H,6H2,1H3. The Morgan fingerprint density at radius 1 is 1.38 bits per heavy atom. The molecule has 0 radical (unpaired) electrons. The highest BCUT2D eigenvalue weighted by molar-refractivity contribution is 5.76. The van der Waals surface area contributed by atoms with Crippen molar-refractivity contribution in [1.29, 1.82) is 0 Å². The number of hydrogen-bond acceptors (Lipinski definition) is 3. The quantitative estimate of drug-likeness (QED) is 0.470. The van der Waals surface area contributed by atoms with E-state index in [0.29, 0.717) is 5.92 Å². The number of hydrogen-bond donors (Lipinski definition) is 1. The van der Waals surface area contributed by atoms with Gasteiger partial charge in [0, 0.05) is 24.4 Å². The largest absolute Gasteiger partial charge is 0.323 e. The van der Waals surface area contributed by atoms with E-state index in [1.54, 1.807) is 12.4 Å². The van der Waals surface area contributed by atoms with Crippen molar-refractivity contribution in [3.63, 3.8) is 0 Å². The third kappa shape index (κ3) is 0.924. The normalized spacial score (nSPS) is 35.8. The van der Waals surface area contributed by atoms with E-state index in [1.807, 2.05) is 6.92 Å². The zero-order valence-corrected chi connectivity index (χ0v) is 4.78. The van der Waals surface area contributed by atoms with E-state index in [1.165, 1.54) is 0 Å². The van der Waals surface area contributed by atoms with Crippen molar-refractivity contribution in [3.8, 4) is 0 Å². The molecule has 0 aliphatic carbocycles. The summed E-state index contributed by atoms with van der Waals surface area (Å²) in [5.74, 6) is 0.340. The molecule has 0 aromatic rings. The predicted molar refractivity (Wildman–Crippen MR) is 34.1 cm³/mol. The Labute approximate surface area is 48.3 Å². The van der Waals surface area contributed by atoms with Crippen molar-refractivity contribution in [2.24, 2.45) is 21.9 Å². The number of rotatable bonds is 0. The topological polar surface area (TPSA) is 50.7 Å². The summed E-state index contributed by atoms with van der Waals surface area (Å²) in [7, 11) is 0. The monoisotopic (exact) mass is 111 g/mol. The number of nitrogens with zero attached hydrogens (tertiary/aromatic N) is 2. The average Bonchev–Trinajstić information content (AvgIpc) is 1.77. The third-order valence-electron chi connectivity index (χ3n) is 1.21. The Balaban J connectivity index is 2.59. The smallest absolute Gasteiger partial charge is 0.0494 e. The van der Waals surface area contributed by atoms with Crippen molar-refractivity contribution >= 4 is 12.4 Å². The lowest BCUT2D eigenvalue weighted by atomic mass is 10.1. The first-order valence-electron chi connectivity index (χ1n) is 2.63. The molecule has 1 rings (SSSR count). The van der Waals surface area contributed by atoms with Crippen LogP contribution in [0.5, 0.6) is 0 Å². The van der Waals surface area contributed by atoms with Gasteiger partial charge in [-0.05, 0) is 0 Å². The summed E-state index contributed by atoms with van der Waals surface area (Å²) >= 11 is 0. The molecule has 3 nitrogen and oxygen atoms in total. The maximum atomic E-state index is 5.54. The van der Waals surface area contributed by atoms with Gasteiger partial charge in [-0.1, -0.05) is 6.92 Å². The lowest BCUT2D eigenvalue weighted by Crippen LogP contribution is -2.32. The molecule has 2 atom stereocenters. The molecule has 0 spiro atoms. The summed E-state index contributed by atoms with van der Waals surface area (Å²) in [4.78, 5) is 0. The fourth-order valence-corrected chi connectivity index (χ4v) is 0.494. The van der Waals surface area contributed by atoms with Crippen LogP contribution in [-0.2, 0) is 0 Å². The molecule has 44 valence electrons. The third-order valence-corrected chi connectivity index (χ3v) is 1.21. The van der Waals surface area contributed by atoms with Gasteiger partial charge in [0.1, 0.15) is 0 Å². The minimum Gasteiger partial charge on any atom is -0.323 e. The SMILES string of the molecule is CC1C=NN=CC1N. The number of nitrogens with two attached hydrogens (primary N) is 1. The molecule has 1 heterocycles. The minimum atomic E-state index is 0.0625. The van der Waals surface area contributed by atoms with Crippen LogP contribution in [0.3, 0.4) is 0 Å². The lowest BCUT2D eigenvalue weighted by molar-refractivity contribution is 0.703. The summed E-state index contributed by atoms with van der Waals surface area (Å²) in [6.45, 7) is 2.01. The second-order valence-corrected chi connectivity index (χ2v) is 1.97. The summed E-state index contributed by atoms with van der Waals surface area (Å²) in [5, 5.41) is 7.30. The maximum absolute atomic E-state index is 5.54. The van der Waals surface area contributed by atoms with Crippen molar-refractivity contribution in [3.05, 3.63) is 0 Å². The van der Waals surface area contributed by atoms with Crippen molar-refractivity contribution < 1.29 is 0 Å². The molecule has 1 aliphatic rings. The van der Waals surface area contributed by atoms with Crippen LogP contribution in [0.4, 0.5) is 0 Å². The molecule has 1 aliphatic heterocycles. The van der Waals surface area contributed by atoms with Gasteiger partial charge in [0.15, 0.2) is 0 Å². The van der Waals surface area contributed by atoms with Crippen LogP contribution >= 0.6 is 0 Å². The molecule has 8 heavy (non-hydrogen) atoms. The fraction of sp³-hybridized carbons (Fsp3) is 0.600. The van der Waals surface area contributed by atoms with Crippen LogP contribution < -0.4 is 5.73 Å². The molecule has 0 aromatic carbocycles. The Morgan fingerprint density at radius 2 is 2.00 bits per heavy atom. The van der Waals surface area contributed by atoms with Gasteiger partial charge in [-0.15, -0.1) is 0 Å². The Bertz CT molecular complexity index is 112. The summed E-state index contributed by atoms with van der Waals surface area (Å²) in [5.41, 5.74) is 5.54. The van der Waals surface area contributed by atoms with Crippen LogP contribution in [0, 0.1) is 5.92 Å². The van der Waals surface area contributed by atoms with Gasteiger partial charge in [0.2, 0.25) is 0 Å². The zero-order valence-electron chi connectivity index (χ0n) is 4.78. The van der Waals surface area contributed by atoms with E-state index in [-0.39, 0.29) is 6.04 Å². The highest BCUT2D eigenvalue weighted by Crippen LogP contribution is 1.98. The highest BCUT2D eigenvalue weighted by atomic mass is 15.2. The van der Waals surface area contributed by atoms with Crippen LogP contribution in [0.15, 0.2) is 10.2 Å². The second kappa shape index (κ2) is 2.05. The molecular weight excluding hydrogens is 102 g/mol. The van der Waals surface area contributed by atoms with E-state index < -0.39 is 0 Å². The Hall–Kier alpha value is -0.700. The Kier molecular flexibility index (Phi) is 1.39. The Morgan fingerprint density at radius 3 is 2.38 bits per heavy atom. The summed E-state index contributed by atoms with van der Waals surface area (Å²) in [6.07, 6.45) is 3.41. The van der Waals surface area contributed by atoms with E-state index in [2.05, 4.69) is 10.2 Å². The van der Waals surface area contributed by atoms with Crippen molar-refractivity contribution in [2.45, 2.75) is 13.0 Å². The van der Waals surface area contributed by atoms with E-state index in [4.69, 9.17) is 5.73 Å². The first-order valence-corrected chi connectivity index (χ1v) is 2.63. The summed E-state index contributed by atoms with van der Waals surface area (Å²) < 4.78 is 0. The highest BCUT2D eigenvalue weighted by Gasteiger charge is 2.09. The van der Waals surface area contributed by atoms with Crippen LogP contribution in [0.1, 0.15) is 6.92 Å². The maximum Gasteiger partial charge on any atom is 0.0494 e. The van der Waals surface area contributed by atoms with Gasteiger partial charge >= 0.3 is 0 Å². The van der Waals surface area contributed by atoms with Crippen molar-refractivity contribution in [2.75, 3.05) is 0 Å². The molecule has 0 bridgehead atoms. The van der Waals surface area contributed by atoms with Gasteiger partial charge in [0.05, 0.1) is 0 Å². The molecular formula is C5H9N3. The van der Waals surface area contributed by atoms with Gasteiger partial charge in [-0.2, -0.15) is 10.2 Å². The van der Waals surface area contributed by atoms with Crippen LogP contribution in [0.2, 0.25) is 0 Å². The van der Waals surface area contributed by atoms with E-state index in [9.17, 15) is 0 Å². The second-order valence-electron chi connectivity index (χ2n) is 1.97. The molecule has 0 amide bonds. The van der Waals surface area contributed by atoms with Gasteiger partial charge < -0.3 is 5.73 Å². The first-order chi connectivity index (χ1) is 3.80. The van der Waals surface area contributed by atoms with Gasteiger partial charge in [0.25, 0.3) is 0 Å². The molecule has 0 saturated heterocycles. The summed E-state index contributed by atoms with van der Waals surface area (Å²) in [6, 6.07) is 0.0625. The fourth-order valence-electron chi connectivity index (χ4n) is 0.494. The molecule has 2 N–H and O–H groups in total. The van der Waals surface area contributed by atoms with Crippen LogP contribution in [0.25, 0.3) is 0 Å². The van der Waals surface area contributed by atoms with Gasteiger partial charge in [-0.3, -0.25) is 0 Å². The average molecular weight is 111 g/mol.